The van der Waals surface area contributed by atoms with E-state index in [9.17, 15) is 10.1 Å². The van der Waals surface area contributed by atoms with E-state index < -0.39 is 5.91 Å². The first kappa shape index (κ1) is 25.3. The van der Waals surface area contributed by atoms with Gasteiger partial charge in [-0.05, 0) is 42.3 Å². The molecule has 1 N–H and O–H groups in total. The molecular formula is C30H27N5O2S. The van der Waals surface area contributed by atoms with Gasteiger partial charge < -0.3 is 14.5 Å². The lowest BCUT2D eigenvalue weighted by atomic mass is 10.1. The topological polar surface area (TPSA) is 81.0 Å². The van der Waals surface area contributed by atoms with Gasteiger partial charge in [0.25, 0.3) is 5.91 Å². The summed E-state index contributed by atoms with van der Waals surface area (Å²) in [7, 11) is 0. The number of amides is 1. The second kappa shape index (κ2) is 11.8. The highest BCUT2D eigenvalue weighted by Gasteiger charge is 2.30. The van der Waals surface area contributed by atoms with E-state index in [2.05, 4.69) is 21.5 Å². The van der Waals surface area contributed by atoms with Gasteiger partial charge in [-0.25, -0.2) is 5.43 Å². The molecule has 3 aromatic carbocycles. The van der Waals surface area contributed by atoms with Crippen molar-refractivity contribution in [3.05, 3.63) is 112 Å². The summed E-state index contributed by atoms with van der Waals surface area (Å²) >= 11 is 1.35. The number of nitriles is 1. The summed E-state index contributed by atoms with van der Waals surface area (Å²) in [4.78, 5) is 17.4. The molecule has 0 radical (unpaired) electrons. The third-order valence-electron chi connectivity index (χ3n) is 6.35. The van der Waals surface area contributed by atoms with E-state index in [1.165, 1.54) is 11.8 Å². The zero-order valence-electron chi connectivity index (χ0n) is 21.0. The lowest BCUT2D eigenvalue weighted by Gasteiger charge is -2.28. The van der Waals surface area contributed by atoms with E-state index in [1.54, 1.807) is 0 Å². The molecule has 2 aliphatic rings. The zero-order chi connectivity index (χ0) is 26.3. The molecule has 0 unspecified atom stereocenters. The highest BCUT2D eigenvalue weighted by molar-refractivity contribution is 8.06. The molecule has 0 bridgehead atoms. The normalized spacial score (nSPS) is 17.1. The van der Waals surface area contributed by atoms with Gasteiger partial charge in [-0.15, -0.1) is 0 Å². The van der Waals surface area contributed by atoms with Gasteiger partial charge in [0.1, 0.15) is 16.7 Å². The molecule has 8 heteroatoms. The van der Waals surface area contributed by atoms with Gasteiger partial charge in [-0.3, -0.25) is 4.79 Å². The first-order chi connectivity index (χ1) is 18.7. The van der Waals surface area contributed by atoms with E-state index in [-0.39, 0.29) is 5.57 Å². The van der Waals surface area contributed by atoms with E-state index in [4.69, 9.17) is 4.74 Å². The number of nitrogens with zero attached hydrogens (tertiary/aromatic N) is 4. The van der Waals surface area contributed by atoms with Crippen LogP contribution in [0.4, 0.5) is 11.4 Å². The summed E-state index contributed by atoms with van der Waals surface area (Å²) in [6, 6.07) is 29.8. The molecule has 0 saturated carbocycles. The van der Waals surface area contributed by atoms with Gasteiger partial charge in [-0.2, -0.15) is 10.4 Å². The maximum Gasteiger partial charge on any atom is 0.284 e. The summed E-state index contributed by atoms with van der Waals surface area (Å²) in [5.74, 6) is -0.553. The zero-order valence-corrected chi connectivity index (χ0v) is 21.8. The van der Waals surface area contributed by atoms with Crippen LogP contribution in [0.5, 0.6) is 0 Å². The fourth-order valence-corrected chi connectivity index (χ4v) is 5.35. The van der Waals surface area contributed by atoms with Crippen molar-refractivity contribution in [3.63, 3.8) is 0 Å². The standard InChI is InChI=1S/C30H27N5O2S/c1-22(23-12-14-25(15-13-23)34-16-18-37-19-17-34)32-33-29(36)27(20-31)30-35(26-10-6-3-7-11-26)28(21-38-30)24-8-4-2-5-9-24/h2-15,21H,16-19H2,1H3,(H,33,36)/b30-27+,32-22+. The fourth-order valence-electron chi connectivity index (χ4n) is 4.32. The maximum absolute atomic E-state index is 13.2. The highest BCUT2D eigenvalue weighted by Crippen LogP contribution is 2.44. The minimum absolute atomic E-state index is 0.000231. The monoisotopic (exact) mass is 521 g/mol. The van der Waals surface area contributed by atoms with Crippen molar-refractivity contribution in [2.75, 3.05) is 36.1 Å². The fraction of sp³-hybridized carbons (Fsp3) is 0.167. The van der Waals surface area contributed by atoms with Crippen LogP contribution in [0.2, 0.25) is 0 Å². The molecule has 7 nitrogen and oxygen atoms in total. The molecular weight excluding hydrogens is 494 g/mol. The summed E-state index contributed by atoms with van der Waals surface area (Å²) in [5, 5.41) is 16.8. The number of rotatable bonds is 6. The van der Waals surface area contributed by atoms with E-state index in [0.29, 0.717) is 10.7 Å². The van der Waals surface area contributed by atoms with E-state index >= 15 is 0 Å². The number of carbonyl (C=O) groups excluding carboxylic acids is 1. The lowest BCUT2D eigenvalue weighted by Crippen LogP contribution is -2.36. The number of hydrogen-bond donors (Lipinski definition) is 1. The Hall–Kier alpha value is -4.32. The number of carbonyl (C=O) groups is 1. The minimum atomic E-state index is -0.553. The SMILES string of the molecule is C/C(=N\NC(=O)/C(C#N)=C1/SC=C(c2ccccc2)N1c1ccccc1)c1ccc(N2CCOCC2)cc1. The number of para-hydroxylation sites is 1. The maximum atomic E-state index is 13.2. The van der Waals surface area contributed by atoms with Crippen molar-refractivity contribution in [2.24, 2.45) is 5.10 Å². The molecule has 2 heterocycles. The van der Waals surface area contributed by atoms with Crippen LogP contribution < -0.4 is 15.2 Å². The Kier molecular flexibility index (Phi) is 7.88. The van der Waals surface area contributed by atoms with Crippen molar-refractivity contribution in [2.45, 2.75) is 6.92 Å². The first-order valence-electron chi connectivity index (χ1n) is 12.4. The molecule has 0 aromatic heterocycles. The Labute approximate surface area is 226 Å². The average Bonchev–Trinajstić information content (AvgIpc) is 3.42. The number of thioether (sulfide) groups is 1. The van der Waals surface area contributed by atoms with E-state index in [0.717, 1.165) is 54.5 Å². The molecule has 5 rings (SSSR count). The highest BCUT2D eigenvalue weighted by atomic mass is 32.2. The number of hydrazone groups is 1. The van der Waals surface area contributed by atoms with E-state index in [1.807, 2.05) is 102 Å². The molecule has 1 fully saturated rings. The molecule has 0 atom stereocenters. The van der Waals surface area contributed by atoms with Crippen LogP contribution >= 0.6 is 11.8 Å². The summed E-state index contributed by atoms with van der Waals surface area (Å²) < 4.78 is 5.43. The van der Waals surface area contributed by atoms with Gasteiger partial charge in [0.15, 0.2) is 0 Å². The molecule has 0 spiro atoms. The molecule has 1 saturated heterocycles. The molecule has 0 aliphatic carbocycles. The molecule has 3 aromatic rings. The summed E-state index contributed by atoms with van der Waals surface area (Å²) in [6.45, 7) is 5.03. The van der Waals surface area contributed by atoms with Crippen molar-refractivity contribution < 1.29 is 9.53 Å². The Balaban J connectivity index is 1.37. The number of hydrogen-bond acceptors (Lipinski definition) is 7. The minimum Gasteiger partial charge on any atom is -0.378 e. The Morgan fingerprint density at radius 1 is 0.947 bits per heavy atom. The number of ether oxygens (including phenoxy) is 1. The Bertz CT molecular complexity index is 1420. The molecule has 38 heavy (non-hydrogen) atoms. The third kappa shape index (κ3) is 5.49. The number of anilines is 2. The van der Waals surface area contributed by atoms with Crippen LogP contribution in [-0.2, 0) is 9.53 Å². The van der Waals surface area contributed by atoms with Crippen LogP contribution in [0.1, 0.15) is 18.1 Å². The lowest BCUT2D eigenvalue weighted by molar-refractivity contribution is -0.117. The van der Waals surface area contributed by atoms with Crippen LogP contribution in [0.3, 0.4) is 0 Å². The van der Waals surface area contributed by atoms with Gasteiger partial charge in [0.05, 0.1) is 24.6 Å². The van der Waals surface area contributed by atoms with Crippen molar-refractivity contribution in [3.8, 4) is 6.07 Å². The Morgan fingerprint density at radius 2 is 1.61 bits per heavy atom. The second-order valence-corrected chi connectivity index (χ2v) is 9.59. The molecule has 2 aliphatic heterocycles. The third-order valence-corrected chi connectivity index (χ3v) is 7.30. The van der Waals surface area contributed by atoms with Crippen LogP contribution in [0, 0.1) is 11.3 Å². The number of morpholine rings is 1. The molecule has 190 valence electrons. The molecule has 1 amide bonds. The smallest absolute Gasteiger partial charge is 0.284 e. The van der Waals surface area contributed by atoms with Gasteiger partial charge >= 0.3 is 0 Å². The second-order valence-electron chi connectivity index (χ2n) is 8.73. The van der Waals surface area contributed by atoms with Crippen molar-refractivity contribution in [1.82, 2.24) is 5.43 Å². The first-order valence-corrected chi connectivity index (χ1v) is 13.2. The van der Waals surface area contributed by atoms with Crippen molar-refractivity contribution in [1.29, 1.82) is 5.26 Å². The van der Waals surface area contributed by atoms with Crippen LogP contribution in [0.25, 0.3) is 5.70 Å². The quantitative estimate of drug-likeness (QED) is 0.204. The largest absolute Gasteiger partial charge is 0.378 e. The summed E-state index contributed by atoms with van der Waals surface area (Å²) in [6.07, 6.45) is 0. The number of nitrogens with one attached hydrogen (secondary N) is 1. The predicted molar refractivity (Wildman–Crippen MR) is 153 cm³/mol. The van der Waals surface area contributed by atoms with Crippen molar-refractivity contribution >= 4 is 40.5 Å². The van der Waals surface area contributed by atoms with Gasteiger partial charge in [-0.1, -0.05) is 72.4 Å². The van der Waals surface area contributed by atoms with Crippen LogP contribution in [0.15, 0.2) is 106 Å². The van der Waals surface area contributed by atoms with Crippen LogP contribution in [-0.4, -0.2) is 37.9 Å². The van der Waals surface area contributed by atoms with Gasteiger partial charge in [0, 0.05) is 29.9 Å². The summed E-state index contributed by atoms with van der Waals surface area (Å²) in [5.41, 5.74) is 8.02. The predicted octanol–water partition coefficient (Wildman–Crippen LogP) is 5.35. The average molecular weight is 522 g/mol. The Morgan fingerprint density at radius 3 is 2.26 bits per heavy atom. The van der Waals surface area contributed by atoms with Gasteiger partial charge in [0.2, 0.25) is 0 Å². The number of benzene rings is 3.